The maximum Gasteiger partial charge on any atom is 0.191 e. The average Bonchev–Trinajstić information content (AvgIpc) is 2.50. The number of nitrogens with one attached hydrogen (secondary N) is 2. The molecule has 1 atom stereocenters. The Labute approximate surface area is 127 Å². The lowest BCUT2D eigenvalue weighted by atomic mass is 10.3. The van der Waals surface area contributed by atoms with Gasteiger partial charge in [0.05, 0.1) is 10.6 Å². The van der Waals surface area contributed by atoms with E-state index >= 15 is 0 Å². The normalized spacial score (nSPS) is 13.8. The molecule has 6 heteroatoms. The van der Waals surface area contributed by atoms with Gasteiger partial charge in [0.2, 0.25) is 0 Å². The Morgan fingerprint density at radius 2 is 1.95 bits per heavy atom. The van der Waals surface area contributed by atoms with Crippen LogP contribution in [0.3, 0.4) is 0 Å². The van der Waals surface area contributed by atoms with E-state index in [0.717, 1.165) is 6.42 Å². The summed E-state index contributed by atoms with van der Waals surface area (Å²) in [5.74, 6) is 0.839. The van der Waals surface area contributed by atoms with Gasteiger partial charge in [-0.25, -0.2) is 8.42 Å². The smallest absolute Gasteiger partial charge is 0.191 e. The van der Waals surface area contributed by atoms with Gasteiger partial charge < -0.3 is 10.6 Å². The lowest BCUT2D eigenvalue weighted by molar-refractivity contribution is 0.591. The van der Waals surface area contributed by atoms with Crippen molar-refractivity contribution in [2.75, 3.05) is 19.3 Å². The average molecular weight is 311 g/mol. The van der Waals surface area contributed by atoms with E-state index in [1.807, 2.05) is 6.07 Å². The number of rotatable bonds is 7. The first kappa shape index (κ1) is 17.5. The summed E-state index contributed by atoms with van der Waals surface area (Å²) in [4.78, 5) is 4.49. The summed E-state index contributed by atoms with van der Waals surface area (Å²) in [6.07, 6.45) is 1.54. The van der Waals surface area contributed by atoms with E-state index in [4.69, 9.17) is 0 Å². The Bertz CT molecular complexity index is 541. The fourth-order valence-corrected chi connectivity index (χ4v) is 3.08. The maximum atomic E-state index is 12.1. The van der Waals surface area contributed by atoms with Crippen molar-refractivity contribution >= 4 is 15.8 Å². The van der Waals surface area contributed by atoms with Crippen LogP contribution in [0.25, 0.3) is 0 Å². The first-order valence-corrected chi connectivity index (χ1v) is 8.89. The molecule has 0 saturated heterocycles. The molecule has 21 heavy (non-hydrogen) atoms. The molecular weight excluding hydrogens is 286 g/mol. The Balaban J connectivity index is 2.40. The summed E-state index contributed by atoms with van der Waals surface area (Å²) < 4.78 is 24.2. The fraction of sp³-hybridized carbons (Fsp3) is 0.533. The van der Waals surface area contributed by atoms with Crippen LogP contribution in [0.5, 0.6) is 0 Å². The Kier molecular flexibility index (Phi) is 7.22. The molecule has 0 aromatic heterocycles. The van der Waals surface area contributed by atoms with Gasteiger partial charge in [-0.2, -0.15) is 0 Å². The van der Waals surface area contributed by atoms with E-state index in [-0.39, 0.29) is 5.75 Å². The number of hydrogen-bond acceptors (Lipinski definition) is 3. The van der Waals surface area contributed by atoms with Crippen molar-refractivity contribution in [3.05, 3.63) is 30.3 Å². The fourth-order valence-electron chi connectivity index (χ4n) is 1.74. The van der Waals surface area contributed by atoms with Gasteiger partial charge in [-0.15, -0.1) is 0 Å². The summed E-state index contributed by atoms with van der Waals surface area (Å²) in [7, 11) is -1.49. The highest BCUT2D eigenvalue weighted by molar-refractivity contribution is 7.91. The minimum absolute atomic E-state index is 0.129. The minimum atomic E-state index is -3.19. The number of benzene rings is 1. The number of nitrogens with zero attached hydrogens (tertiary/aromatic N) is 1. The first-order chi connectivity index (χ1) is 9.99. The molecule has 2 N–H and O–H groups in total. The van der Waals surface area contributed by atoms with Gasteiger partial charge in [0, 0.05) is 19.6 Å². The zero-order valence-corrected chi connectivity index (χ0v) is 13.8. The van der Waals surface area contributed by atoms with Gasteiger partial charge in [-0.05, 0) is 31.9 Å². The molecule has 0 heterocycles. The van der Waals surface area contributed by atoms with Gasteiger partial charge >= 0.3 is 0 Å². The van der Waals surface area contributed by atoms with Crippen molar-refractivity contribution in [3.8, 4) is 0 Å². The van der Waals surface area contributed by atoms with Crippen LogP contribution in [0.2, 0.25) is 0 Å². The van der Waals surface area contributed by atoms with E-state index in [1.54, 1.807) is 31.3 Å². The second kappa shape index (κ2) is 8.67. The van der Waals surface area contributed by atoms with Crippen LogP contribution in [0, 0.1) is 0 Å². The maximum absolute atomic E-state index is 12.1. The molecule has 0 spiro atoms. The standard InChI is InChI=1S/C15H25N3O2S/c1-4-13(2)18-15(16-3)17-11-8-12-21(19,20)14-9-6-5-7-10-14/h5-7,9-10,13H,4,8,11-12H2,1-3H3,(H2,16,17,18). The molecule has 0 aliphatic heterocycles. The summed E-state index contributed by atoms with van der Waals surface area (Å²) in [5, 5.41) is 6.37. The van der Waals surface area contributed by atoms with Gasteiger partial charge in [-0.3, -0.25) is 4.99 Å². The molecule has 1 unspecified atom stereocenters. The molecule has 0 aliphatic carbocycles. The second-order valence-corrected chi connectivity index (χ2v) is 7.05. The predicted molar refractivity (Wildman–Crippen MR) is 87.4 cm³/mol. The van der Waals surface area contributed by atoms with Crippen molar-refractivity contribution in [2.45, 2.75) is 37.6 Å². The molecule has 0 bridgehead atoms. The molecule has 118 valence electrons. The number of aliphatic imine (C=N–C) groups is 1. The van der Waals surface area contributed by atoms with Crippen molar-refractivity contribution in [1.29, 1.82) is 0 Å². The van der Waals surface area contributed by atoms with Crippen molar-refractivity contribution in [3.63, 3.8) is 0 Å². The highest BCUT2D eigenvalue weighted by Gasteiger charge is 2.13. The lowest BCUT2D eigenvalue weighted by Crippen LogP contribution is -2.42. The van der Waals surface area contributed by atoms with E-state index < -0.39 is 9.84 Å². The largest absolute Gasteiger partial charge is 0.356 e. The monoisotopic (exact) mass is 311 g/mol. The SMILES string of the molecule is CCC(C)NC(=NC)NCCCS(=O)(=O)c1ccccc1. The third-order valence-corrected chi connectivity index (χ3v) is 5.02. The van der Waals surface area contributed by atoms with Crippen LogP contribution in [-0.2, 0) is 9.84 Å². The van der Waals surface area contributed by atoms with E-state index in [1.165, 1.54) is 0 Å². The van der Waals surface area contributed by atoms with Crippen LogP contribution >= 0.6 is 0 Å². The summed E-state index contributed by atoms with van der Waals surface area (Å²) in [5.41, 5.74) is 0. The number of sulfone groups is 1. The minimum Gasteiger partial charge on any atom is -0.356 e. The zero-order chi connectivity index (χ0) is 15.7. The van der Waals surface area contributed by atoms with Gasteiger partial charge in [0.1, 0.15) is 0 Å². The molecule has 5 nitrogen and oxygen atoms in total. The number of guanidine groups is 1. The summed E-state index contributed by atoms with van der Waals surface area (Å²) in [6.45, 7) is 4.74. The van der Waals surface area contributed by atoms with Crippen LogP contribution in [0.15, 0.2) is 40.2 Å². The third kappa shape index (κ3) is 6.16. The Morgan fingerprint density at radius 1 is 1.29 bits per heavy atom. The lowest BCUT2D eigenvalue weighted by Gasteiger charge is -2.16. The highest BCUT2D eigenvalue weighted by Crippen LogP contribution is 2.10. The molecule has 1 aromatic carbocycles. The molecular formula is C15H25N3O2S. The molecule has 1 aromatic rings. The summed E-state index contributed by atoms with van der Waals surface area (Å²) in [6, 6.07) is 8.89. The molecule has 0 aliphatic rings. The van der Waals surface area contributed by atoms with E-state index in [0.29, 0.717) is 29.9 Å². The second-order valence-electron chi connectivity index (χ2n) is 4.94. The first-order valence-electron chi connectivity index (χ1n) is 7.24. The molecule has 0 amide bonds. The zero-order valence-electron chi connectivity index (χ0n) is 13.0. The molecule has 1 rings (SSSR count). The predicted octanol–water partition coefficient (Wildman–Crippen LogP) is 1.81. The topological polar surface area (TPSA) is 70.6 Å². The van der Waals surface area contributed by atoms with Crippen molar-refractivity contribution < 1.29 is 8.42 Å². The van der Waals surface area contributed by atoms with E-state index in [9.17, 15) is 8.42 Å². The van der Waals surface area contributed by atoms with E-state index in [2.05, 4.69) is 29.5 Å². The molecule has 0 radical (unpaired) electrons. The number of hydrogen-bond donors (Lipinski definition) is 2. The van der Waals surface area contributed by atoms with Crippen LogP contribution in [-0.4, -0.2) is 39.8 Å². The molecule has 0 saturated carbocycles. The highest BCUT2D eigenvalue weighted by atomic mass is 32.2. The van der Waals surface area contributed by atoms with Crippen LogP contribution < -0.4 is 10.6 Å². The van der Waals surface area contributed by atoms with Gasteiger partial charge in [0.15, 0.2) is 15.8 Å². The summed E-state index contributed by atoms with van der Waals surface area (Å²) >= 11 is 0. The Morgan fingerprint density at radius 3 is 2.52 bits per heavy atom. The van der Waals surface area contributed by atoms with Gasteiger partial charge in [0.25, 0.3) is 0 Å². The van der Waals surface area contributed by atoms with Crippen molar-refractivity contribution in [2.24, 2.45) is 4.99 Å². The van der Waals surface area contributed by atoms with Gasteiger partial charge in [-0.1, -0.05) is 25.1 Å². The van der Waals surface area contributed by atoms with Crippen LogP contribution in [0.4, 0.5) is 0 Å². The Hall–Kier alpha value is -1.56. The van der Waals surface area contributed by atoms with Crippen molar-refractivity contribution in [1.82, 2.24) is 10.6 Å². The third-order valence-electron chi connectivity index (χ3n) is 3.20. The molecule has 0 fully saturated rings. The quantitative estimate of drug-likeness (QED) is 0.458. The van der Waals surface area contributed by atoms with Crippen LogP contribution in [0.1, 0.15) is 26.7 Å².